The quantitative estimate of drug-likeness (QED) is 0.628. The maximum absolute atomic E-state index is 11.5. The molecule has 0 spiro atoms. The zero-order valence-electron chi connectivity index (χ0n) is 10.3. The predicted octanol–water partition coefficient (Wildman–Crippen LogP) is 2.72. The van der Waals surface area contributed by atoms with Crippen LogP contribution in [0.25, 0.3) is 0 Å². The molecule has 0 aromatic carbocycles. The van der Waals surface area contributed by atoms with E-state index in [2.05, 4.69) is 18.7 Å². The van der Waals surface area contributed by atoms with E-state index in [0.717, 1.165) is 6.42 Å². The summed E-state index contributed by atoms with van der Waals surface area (Å²) in [4.78, 5) is 13.6. The highest BCUT2D eigenvalue weighted by atomic mass is 16.1. The van der Waals surface area contributed by atoms with E-state index in [0.29, 0.717) is 11.7 Å². The van der Waals surface area contributed by atoms with Crippen molar-refractivity contribution in [2.24, 2.45) is 5.92 Å². The van der Waals surface area contributed by atoms with Crippen molar-refractivity contribution in [2.45, 2.75) is 52.5 Å². The highest BCUT2D eigenvalue weighted by molar-refractivity contribution is 5.81. The molecule has 0 aliphatic carbocycles. The van der Waals surface area contributed by atoms with Gasteiger partial charge in [-0.1, -0.05) is 33.1 Å². The Balaban J connectivity index is 4.34. The Kier molecular flexibility index (Phi) is 6.81. The van der Waals surface area contributed by atoms with Crippen molar-refractivity contribution in [1.29, 1.82) is 0 Å². The first kappa shape index (κ1) is 13.6. The summed E-state index contributed by atoms with van der Waals surface area (Å²) in [5, 5.41) is 0. The smallest absolute Gasteiger partial charge is 0.147 e. The van der Waals surface area contributed by atoms with E-state index in [4.69, 9.17) is 0 Å². The summed E-state index contributed by atoms with van der Waals surface area (Å²) in [6, 6.07) is 0.117. The molecule has 2 atom stereocenters. The van der Waals surface area contributed by atoms with Crippen molar-refractivity contribution >= 4 is 5.78 Å². The molecule has 14 heavy (non-hydrogen) atoms. The molecule has 0 saturated heterocycles. The molecule has 0 unspecified atom stereocenters. The number of unbranched alkanes of at least 4 members (excludes halogenated alkanes) is 1. The lowest BCUT2D eigenvalue weighted by atomic mass is 9.88. The zero-order valence-corrected chi connectivity index (χ0v) is 10.3. The van der Waals surface area contributed by atoms with Gasteiger partial charge in [-0.15, -0.1) is 0 Å². The Bertz CT molecular complexity index is 166. The fourth-order valence-corrected chi connectivity index (χ4v) is 2.17. The summed E-state index contributed by atoms with van der Waals surface area (Å²) >= 11 is 0. The number of rotatable bonds is 7. The molecule has 0 aliphatic heterocycles. The van der Waals surface area contributed by atoms with Crippen molar-refractivity contribution in [2.75, 3.05) is 14.1 Å². The van der Waals surface area contributed by atoms with Crippen LogP contribution in [0.1, 0.15) is 46.5 Å². The van der Waals surface area contributed by atoms with Crippen molar-refractivity contribution < 1.29 is 4.79 Å². The van der Waals surface area contributed by atoms with Crippen LogP contribution in [0.15, 0.2) is 0 Å². The molecule has 0 aromatic rings. The van der Waals surface area contributed by atoms with Crippen LogP contribution in [0.3, 0.4) is 0 Å². The van der Waals surface area contributed by atoms with Gasteiger partial charge in [-0.05, 0) is 33.4 Å². The summed E-state index contributed by atoms with van der Waals surface area (Å²) < 4.78 is 0. The number of hydrogen-bond donors (Lipinski definition) is 0. The second-order valence-electron chi connectivity index (χ2n) is 4.33. The Labute approximate surface area is 88.7 Å². The minimum absolute atomic E-state index is 0.117. The molecule has 0 rings (SSSR count). The van der Waals surface area contributed by atoms with Crippen LogP contribution in [-0.2, 0) is 4.79 Å². The first-order chi connectivity index (χ1) is 6.54. The monoisotopic (exact) mass is 199 g/mol. The third-order valence-corrected chi connectivity index (χ3v) is 2.87. The summed E-state index contributed by atoms with van der Waals surface area (Å²) in [5.41, 5.74) is 0. The first-order valence-electron chi connectivity index (χ1n) is 5.71. The molecule has 0 amide bonds. The predicted molar refractivity (Wildman–Crippen MR) is 61.5 cm³/mol. The van der Waals surface area contributed by atoms with E-state index >= 15 is 0 Å². The summed E-state index contributed by atoms with van der Waals surface area (Å²) in [6.45, 7) is 6.09. The first-order valence-corrected chi connectivity index (χ1v) is 5.71. The molecule has 2 heteroatoms. The van der Waals surface area contributed by atoms with Crippen LogP contribution in [0, 0.1) is 5.92 Å². The van der Waals surface area contributed by atoms with Gasteiger partial charge in [0.25, 0.3) is 0 Å². The van der Waals surface area contributed by atoms with Crippen LogP contribution in [0.4, 0.5) is 0 Å². The standard InChI is InChI=1S/C12H25NO/c1-6-8-9-11(7-2)12(10(3)14)13(4)5/h11-12H,6-9H2,1-5H3/t11-,12-/m1/s1. The molecule has 0 aliphatic rings. The van der Waals surface area contributed by atoms with Crippen molar-refractivity contribution in [1.82, 2.24) is 4.90 Å². The van der Waals surface area contributed by atoms with Gasteiger partial charge in [0.2, 0.25) is 0 Å². The van der Waals surface area contributed by atoms with Gasteiger partial charge >= 0.3 is 0 Å². The lowest BCUT2D eigenvalue weighted by molar-refractivity contribution is -0.123. The average molecular weight is 199 g/mol. The van der Waals surface area contributed by atoms with Crippen LogP contribution in [0.5, 0.6) is 0 Å². The largest absolute Gasteiger partial charge is 0.300 e. The number of hydrogen-bond acceptors (Lipinski definition) is 2. The van der Waals surface area contributed by atoms with E-state index in [1.807, 2.05) is 14.1 Å². The van der Waals surface area contributed by atoms with Gasteiger partial charge in [0.15, 0.2) is 0 Å². The topological polar surface area (TPSA) is 20.3 Å². The van der Waals surface area contributed by atoms with E-state index in [9.17, 15) is 4.79 Å². The van der Waals surface area contributed by atoms with Crippen molar-refractivity contribution in [3.8, 4) is 0 Å². The molecular formula is C12H25NO. The van der Waals surface area contributed by atoms with Gasteiger partial charge in [0, 0.05) is 0 Å². The third-order valence-electron chi connectivity index (χ3n) is 2.87. The molecular weight excluding hydrogens is 174 g/mol. The minimum atomic E-state index is 0.117. The fourth-order valence-electron chi connectivity index (χ4n) is 2.17. The second-order valence-corrected chi connectivity index (χ2v) is 4.33. The molecule has 0 N–H and O–H groups in total. The van der Waals surface area contributed by atoms with Crippen LogP contribution < -0.4 is 0 Å². The van der Waals surface area contributed by atoms with Gasteiger partial charge < -0.3 is 0 Å². The third kappa shape index (κ3) is 4.23. The van der Waals surface area contributed by atoms with Gasteiger partial charge in [-0.2, -0.15) is 0 Å². The molecule has 0 fully saturated rings. The van der Waals surface area contributed by atoms with Crippen molar-refractivity contribution in [3.05, 3.63) is 0 Å². The molecule has 0 bridgehead atoms. The van der Waals surface area contributed by atoms with Crippen LogP contribution in [-0.4, -0.2) is 30.8 Å². The maximum Gasteiger partial charge on any atom is 0.147 e. The van der Waals surface area contributed by atoms with E-state index in [-0.39, 0.29) is 6.04 Å². The van der Waals surface area contributed by atoms with Crippen LogP contribution in [0.2, 0.25) is 0 Å². The fraction of sp³-hybridized carbons (Fsp3) is 0.917. The van der Waals surface area contributed by atoms with Gasteiger partial charge in [0.1, 0.15) is 5.78 Å². The van der Waals surface area contributed by atoms with Gasteiger partial charge in [-0.25, -0.2) is 0 Å². The van der Waals surface area contributed by atoms with Crippen LogP contribution >= 0.6 is 0 Å². The highest BCUT2D eigenvalue weighted by Gasteiger charge is 2.25. The molecule has 0 saturated carbocycles. The number of carbonyl (C=O) groups is 1. The van der Waals surface area contributed by atoms with E-state index in [1.54, 1.807) is 6.92 Å². The lowest BCUT2D eigenvalue weighted by Gasteiger charge is -2.29. The number of carbonyl (C=O) groups excluding carboxylic acids is 1. The summed E-state index contributed by atoms with van der Waals surface area (Å²) in [5.74, 6) is 0.834. The molecule has 0 radical (unpaired) electrons. The highest BCUT2D eigenvalue weighted by Crippen LogP contribution is 2.20. The number of likely N-dealkylation sites (N-methyl/N-ethyl adjacent to an activating group) is 1. The maximum atomic E-state index is 11.5. The van der Waals surface area contributed by atoms with E-state index < -0.39 is 0 Å². The zero-order chi connectivity index (χ0) is 11.1. The van der Waals surface area contributed by atoms with E-state index in [1.165, 1.54) is 19.3 Å². The second kappa shape index (κ2) is 6.99. The molecule has 84 valence electrons. The Morgan fingerprint density at radius 1 is 1.29 bits per heavy atom. The van der Waals surface area contributed by atoms with Gasteiger partial charge in [0.05, 0.1) is 6.04 Å². The minimum Gasteiger partial charge on any atom is -0.300 e. The molecule has 0 aromatic heterocycles. The summed E-state index contributed by atoms with van der Waals surface area (Å²) in [6.07, 6.45) is 4.72. The Hall–Kier alpha value is -0.370. The number of Topliss-reactive ketones (excluding diaryl/α,β-unsaturated/α-hetero) is 1. The Morgan fingerprint density at radius 3 is 2.14 bits per heavy atom. The lowest BCUT2D eigenvalue weighted by Crippen LogP contribution is -2.40. The SMILES string of the molecule is CCCC[C@@H](CC)[C@@H](C(C)=O)N(C)C. The number of nitrogens with zero attached hydrogens (tertiary/aromatic N) is 1. The normalized spacial score (nSPS) is 15.6. The Morgan fingerprint density at radius 2 is 1.86 bits per heavy atom. The average Bonchev–Trinajstić information content (AvgIpc) is 2.10. The molecule has 0 heterocycles. The van der Waals surface area contributed by atoms with Gasteiger partial charge in [-0.3, -0.25) is 9.69 Å². The summed E-state index contributed by atoms with van der Waals surface area (Å²) in [7, 11) is 4.00. The van der Waals surface area contributed by atoms with Crippen molar-refractivity contribution in [3.63, 3.8) is 0 Å². The number of ketones is 1. The molecule has 2 nitrogen and oxygen atoms in total.